The van der Waals surface area contributed by atoms with Crippen LogP contribution in [-0.2, 0) is 0 Å². The topological polar surface area (TPSA) is 21.3 Å². The number of anilines is 1. The van der Waals surface area contributed by atoms with Crippen LogP contribution >= 0.6 is 27.3 Å². The molecular formula is C13H12BrNOS. The zero-order valence-electron chi connectivity index (χ0n) is 9.37. The SMILES string of the molecule is Cc1ccc2c(c1)OC(c1cc(Br)cs1)CN2. The van der Waals surface area contributed by atoms with Crippen LogP contribution in [0.3, 0.4) is 0 Å². The van der Waals surface area contributed by atoms with E-state index in [2.05, 4.69) is 57.8 Å². The Balaban J connectivity index is 1.89. The molecule has 2 aromatic rings. The molecule has 0 aliphatic carbocycles. The number of halogens is 1. The molecule has 3 rings (SSSR count). The first-order chi connectivity index (χ1) is 8.22. The predicted molar refractivity (Wildman–Crippen MR) is 75.1 cm³/mol. The van der Waals surface area contributed by atoms with Crippen molar-refractivity contribution in [1.82, 2.24) is 0 Å². The molecule has 1 aromatic carbocycles. The summed E-state index contributed by atoms with van der Waals surface area (Å²) in [7, 11) is 0. The molecule has 1 N–H and O–H groups in total. The van der Waals surface area contributed by atoms with Crippen LogP contribution in [0.2, 0.25) is 0 Å². The van der Waals surface area contributed by atoms with Crippen molar-refractivity contribution in [3.63, 3.8) is 0 Å². The molecule has 0 saturated heterocycles. The molecule has 1 unspecified atom stereocenters. The van der Waals surface area contributed by atoms with Gasteiger partial charge in [0.25, 0.3) is 0 Å². The third-order valence-corrected chi connectivity index (χ3v) is 4.57. The minimum atomic E-state index is 0.112. The van der Waals surface area contributed by atoms with Gasteiger partial charge in [-0.25, -0.2) is 0 Å². The highest BCUT2D eigenvalue weighted by atomic mass is 79.9. The van der Waals surface area contributed by atoms with Gasteiger partial charge in [0.05, 0.1) is 12.2 Å². The lowest BCUT2D eigenvalue weighted by molar-refractivity contribution is 0.214. The molecule has 0 fully saturated rings. The van der Waals surface area contributed by atoms with E-state index < -0.39 is 0 Å². The van der Waals surface area contributed by atoms with E-state index in [-0.39, 0.29) is 6.10 Å². The number of thiophene rings is 1. The highest BCUT2D eigenvalue weighted by Gasteiger charge is 2.22. The molecule has 88 valence electrons. The summed E-state index contributed by atoms with van der Waals surface area (Å²) in [6.45, 7) is 2.90. The summed E-state index contributed by atoms with van der Waals surface area (Å²) in [5.41, 5.74) is 2.31. The van der Waals surface area contributed by atoms with Gasteiger partial charge in [0, 0.05) is 14.7 Å². The second-order valence-corrected chi connectivity index (χ2v) is 6.01. The van der Waals surface area contributed by atoms with Gasteiger partial charge in [-0.1, -0.05) is 6.07 Å². The van der Waals surface area contributed by atoms with E-state index in [4.69, 9.17) is 4.74 Å². The summed E-state index contributed by atoms with van der Waals surface area (Å²) < 4.78 is 7.16. The monoisotopic (exact) mass is 309 g/mol. The highest BCUT2D eigenvalue weighted by molar-refractivity contribution is 9.10. The molecule has 1 aliphatic heterocycles. The largest absolute Gasteiger partial charge is 0.481 e. The lowest BCUT2D eigenvalue weighted by atomic mass is 10.1. The van der Waals surface area contributed by atoms with E-state index in [9.17, 15) is 0 Å². The van der Waals surface area contributed by atoms with Crippen LogP contribution in [0.1, 0.15) is 16.5 Å². The first-order valence-electron chi connectivity index (χ1n) is 5.47. The summed E-state index contributed by atoms with van der Waals surface area (Å²) >= 11 is 5.20. The van der Waals surface area contributed by atoms with Crippen molar-refractivity contribution in [1.29, 1.82) is 0 Å². The number of benzene rings is 1. The Morgan fingerprint density at radius 1 is 1.41 bits per heavy atom. The van der Waals surface area contributed by atoms with Crippen LogP contribution in [0.5, 0.6) is 5.75 Å². The van der Waals surface area contributed by atoms with E-state index in [1.807, 2.05) is 0 Å². The highest BCUT2D eigenvalue weighted by Crippen LogP contribution is 2.37. The van der Waals surface area contributed by atoms with Gasteiger partial charge in [0.1, 0.15) is 5.75 Å². The van der Waals surface area contributed by atoms with Gasteiger partial charge in [-0.3, -0.25) is 0 Å². The van der Waals surface area contributed by atoms with E-state index in [1.54, 1.807) is 11.3 Å². The van der Waals surface area contributed by atoms with Crippen LogP contribution in [-0.4, -0.2) is 6.54 Å². The molecule has 1 aromatic heterocycles. The standard InChI is InChI=1S/C13H12BrNOS/c1-8-2-3-10-11(4-8)16-12(6-15-10)13-5-9(14)7-17-13/h2-5,7,12,15H,6H2,1H3. The van der Waals surface area contributed by atoms with Crippen molar-refractivity contribution in [2.24, 2.45) is 0 Å². The minimum absolute atomic E-state index is 0.112. The molecule has 0 bridgehead atoms. The summed E-state index contributed by atoms with van der Waals surface area (Å²) in [6.07, 6.45) is 0.112. The minimum Gasteiger partial charge on any atom is -0.481 e. The molecule has 0 spiro atoms. The average molecular weight is 310 g/mol. The molecule has 1 aliphatic rings. The van der Waals surface area contributed by atoms with Gasteiger partial charge in [-0.05, 0) is 46.6 Å². The van der Waals surface area contributed by atoms with Crippen molar-refractivity contribution in [2.45, 2.75) is 13.0 Å². The second-order valence-electron chi connectivity index (χ2n) is 4.15. The molecule has 1 atom stereocenters. The zero-order valence-corrected chi connectivity index (χ0v) is 11.8. The quantitative estimate of drug-likeness (QED) is 0.845. The third kappa shape index (κ3) is 2.19. The van der Waals surface area contributed by atoms with Gasteiger partial charge in [-0.15, -0.1) is 11.3 Å². The van der Waals surface area contributed by atoms with Crippen molar-refractivity contribution in [3.05, 3.63) is 44.6 Å². The smallest absolute Gasteiger partial charge is 0.150 e. The fraction of sp³-hybridized carbons (Fsp3) is 0.231. The van der Waals surface area contributed by atoms with Crippen molar-refractivity contribution >= 4 is 33.0 Å². The maximum absolute atomic E-state index is 6.04. The molecular weight excluding hydrogens is 298 g/mol. The summed E-state index contributed by atoms with van der Waals surface area (Å²) in [5, 5.41) is 5.50. The molecule has 4 heteroatoms. The van der Waals surface area contributed by atoms with Gasteiger partial charge in [-0.2, -0.15) is 0 Å². The average Bonchev–Trinajstić information content (AvgIpc) is 2.75. The number of hydrogen-bond donors (Lipinski definition) is 1. The molecule has 2 nitrogen and oxygen atoms in total. The fourth-order valence-electron chi connectivity index (χ4n) is 1.93. The number of ether oxygens (including phenoxy) is 1. The van der Waals surface area contributed by atoms with Crippen LogP contribution in [0, 0.1) is 6.92 Å². The number of fused-ring (bicyclic) bond motifs is 1. The van der Waals surface area contributed by atoms with Gasteiger partial charge >= 0.3 is 0 Å². The van der Waals surface area contributed by atoms with Crippen molar-refractivity contribution < 1.29 is 4.74 Å². The summed E-state index contributed by atoms with van der Waals surface area (Å²) in [6, 6.07) is 8.37. The summed E-state index contributed by atoms with van der Waals surface area (Å²) in [4.78, 5) is 1.25. The molecule has 0 saturated carbocycles. The van der Waals surface area contributed by atoms with Crippen LogP contribution < -0.4 is 10.1 Å². The Morgan fingerprint density at radius 2 is 2.29 bits per heavy atom. The van der Waals surface area contributed by atoms with Gasteiger partial charge < -0.3 is 10.1 Å². The van der Waals surface area contributed by atoms with Crippen molar-refractivity contribution in [3.8, 4) is 5.75 Å². The van der Waals surface area contributed by atoms with Crippen LogP contribution in [0.15, 0.2) is 34.1 Å². The Hall–Kier alpha value is -1.000. The third-order valence-electron chi connectivity index (χ3n) is 2.79. The van der Waals surface area contributed by atoms with E-state index in [0.29, 0.717) is 0 Å². The lowest BCUT2D eigenvalue weighted by Crippen LogP contribution is -2.22. The number of nitrogens with one attached hydrogen (secondary N) is 1. The van der Waals surface area contributed by atoms with E-state index in [0.717, 1.165) is 22.5 Å². The zero-order chi connectivity index (χ0) is 11.8. The van der Waals surface area contributed by atoms with Crippen LogP contribution in [0.25, 0.3) is 0 Å². The Kier molecular flexibility index (Phi) is 2.84. The molecule has 2 heterocycles. The maximum atomic E-state index is 6.04. The molecule has 17 heavy (non-hydrogen) atoms. The predicted octanol–water partition coefficient (Wildman–Crippen LogP) is 4.36. The van der Waals surface area contributed by atoms with Crippen molar-refractivity contribution in [2.75, 3.05) is 11.9 Å². The first-order valence-corrected chi connectivity index (χ1v) is 7.15. The first kappa shape index (κ1) is 11.1. The van der Waals surface area contributed by atoms with E-state index in [1.165, 1.54) is 10.4 Å². The van der Waals surface area contributed by atoms with Gasteiger partial charge in [0.15, 0.2) is 6.10 Å². The van der Waals surface area contributed by atoms with E-state index >= 15 is 0 Å². The lowest BCUT2D eigenvalue weighted by Gasteiger charge is -2.27. The number of hydrogen-bond acceptors (Lipinski definition) is 3. The summed E-state index contributed by atoms with van der Waals surface area (Å²) in [5.74, 6) is 0.950. The number of rotatable bonds is 1. The fourth-order valence-corrected chi connectivity index (χ4v) is 3.40. The number of aryl methyl sites for hydroxylation is 1. The molecule has 0 amide bonds. The Labute approximate surface area is 113 Å². The maximum Gasteiger partial charge on any atom is 0.150 e. The van der Waals surface area contributed by atoms with Gasteiger partial charge in [0.2, 0.25) is 0 Å². The Bertz CT molecular complexity index is 552. The second kappa shape index (κ2) is 4.35. The molecule has 0 radical (unpaired) electrons. The Morgan fingerprint density at radius 3 is 3.06 bits per heavy atom. The normalized spacial score (nSPS) is 18.1. The van der Waals surface area contributed by atoms with Crippen LogP contribution in [0.4, 0.5) is 5.69 Å².